The van der Waals surface area contributed by atoms with Gasteiger partial charge in [0.2, 0.25) is 0 Å². The SMILES string of the molecule is CCCNC1CCCC1Cc1cccc(F)c1F. The van der Waals surface area contributed by atoms with Crippen molar-refractivity contribution in [1.29, 1.82) is 0 Å². The van der Waals surface area contributed by atoms with Gasteiger partial charge < -0.3 is 5.32 Å². The Kier molecular flexibility index (Phi) is 4.70. The predicted molar refractivity (Wildman–Crippen MR) is 69.5 cm³/mol. The molecule has 1 N–H and O–H groups in total. The van der Waals surface area contributed by atoms with Crippen LogP contribution in [0.1, 0.15) is 38.2 Å². The summed E-state index contributed by atoms with van der Waals surface area (Å²) in [6.45, 7) is 3.15. The van der Waals surface area contributed by atoms with Crippen molar-refractivity contribution in [3.8, 4) is 0 Å². The molecule has 0 aromatic heterocycles. The van der Waals surface area contributed by atoms with Gasteiger partial charge in [0, 0.05) is 6.04 Å². The molecule has 2 unspecified atom stereocenters. The van der Waals surface area contributed by atoms with Crippen LogP contribution in [0.4, 0.5) is 8.78 Å². The molecule has 0 radical (unpaired) electrons. The van der Waals surface area contributed by atoms with Crippen molar-refractivity contribution in [1.82, 2.24) is 5.32 Å². The van der Waals surface area contributed by atoms with Crippen LogP contribution in [-0.2, 0) is 6.42 Å². The Morgan fingerprint density at radius 1 is 1.28 bits per heavy atom. The van der Waals surface area contributed by atoms with Gasteiger partial charge in [0.15, 0.2) is 11.6 Å². The maximum Gasteiger partial charge on any atom is 0.162 e. The van der Waals surface area contributed by atoms with Crippen molar-refractivity contribution < 1.29 is 8.78 Å². The molecule has 0 heterocycles. The maximum atomic E-state index is 13.6. The second kappa shape index (κ2) is 6.28. The molecule has 1 aliphatic carbocycles. The largest absolute Gasteiger partial charge is 0.314 e. The Hall–Kier alpha value is -0.960. The van der Waals surface area contributed by atoms with Crippen molar-refractivity contribution in [2.75, 3.05) is 6.54 Å². The third kappa shape index (κ3) is 3.08. The van der Waals surface area contributed by atoms with Gasteiger partial charge in [-0.2, -0.15) is 0 Å². The van der Waals surface area contributed by atoms with Gasteiger partial charge in [-0.3, -0.25) is 0 Å². The molecule has 2 atom stereocenters. The molecule has 100 valence electrons. The lowest BCUT2D eigenvalue weighted by Gasteiger charge is -2.21. The van der Waals surface area contributed by atoms with E-state index in [-0.39, 0.29) is 0 Å². The Morgan fingerprint density at radius 2 is 2.11 bits per heavy atom. The summed E-state index contributed by atoms with van der Waals surface area (Å²) >= 11 is 0. The zero-order chi connectivity index (χ0) is 13.0. The van der Waals surface area contributed by atoms with Gasteiger partial charge in [0.05, 0.1) is 0 Å². The van der Waals surface area contributed by atoms with E-state index in [0.29, 0.717) is 23.9 Å². The van der Waals surface area contributed by atoms with Crippen LogP contribution in [-0.4, -0.2) is 12.6 Å². The van der Waals surface area contributed by atoms with E-state index in [9.17, 15) is 8.78 Å². The van der Waals surface area contributed by atoms with E-state index in [2.05, 4.69) is 12.2 Å². The highest BCUT2D eigenvalue weighted by Gasteiger charge is 2.27. The molecule has 0 spiro atoms. The van der Waals surface area contributed by atoms with E-state index in [1.54, 1.807) is 12.1 Å². The molecular weight excluding hydrogens is 232 g/mol. The number of nitrogens with one attached hydrogen (secondary N) is 1. The Labute approximate surface area is 108 Å². The van der Waals surface area contributed by atoms with Crippen LogP contribution in [0.2, 0.25) is 0 Å². The second-order valence-electron chi connectivity index (χ2n) is 5.17. The highest BCUT2D eigenvalue weighted by atomic mass is 19.2. The van der Waals surface area contributed by atoms with Gasteiger partial charge in [0.25, 0.3) is 0 Å². The second-order valence-corrected chi connectivity index (χ2v) is 5.17. The molecule has 1 nitrogen and oxygen atoms in total. The zero-order valence-electron chi connectivity index (χ0n) is 10.9. The van der Waals surface area contributed by atoms with E-state index in [1.165, 1.54) is 12.5 Å². The van der Waals surface area contributed by atoms with E-state index < -0.39 is 11.6 Å². The summed E-state index contributed by atoms with van der Waals surface area (Å²) in [7, 11) is 0. The van der Waals surface area contributed by atoms with Crippen LogP contribution < -0.4 is 5.32 Å². The van der Waals surface area contributed by atoms with Crippen molar-refractivity contribution in [3.63, 3.8) is 0 Å². The molecule has 1 saturated carbocycles. The number of benzene rings is 1. The first kappa shape index (κ1) is 13.5. The molecular formula is C15H21F2N. The van der Waals surface area contributed by atoms with E-state index in [4.69, 9.17) is 0 Å². The Morgan fingerprint density at radius 3 is 2.89 bits per heavy atom. The topological polar surface area (TPSA) is 12.0 Å². The number of rotatable bonds is 5. The summed E-state index contributed by atoms with van der Waals surface area (Å²) in [5.74, 6) is -0.963. The fourth-order valence-corrected chi connectivity index (χ4v) is 2.87. The molecule has 1 aromatic carbocycles. The van der Waals surface area contributed by atoms with Crippen LogP contribution in [0.15, 0.2) is 18.2 Å². The summed E-state index contributed by atoms with van der Waals surface area (Å²) in [6, 6.07) is 4.94. The minimum absolute atomic E-state index is 0.438. The first-order chi connectivity index (χ1) is 8.72. The van der Waals surface area contributed by atoms with E-state index in [0.717, 1.165) is 25.8 Å². The molecule has 1 aromatic rings. The van der Waals surface area contributed by atoms with E-state index >= 15 is 0 Å². The molecule has 0 saturated heterocycles. The van der Waals surface area contributed by atoms with Crippen molar-refractivity contribution in [2.24, 2.45) is 5.92 Å². The monoisotopic (exact) mass is 253 g/mol. The highest BCUT2D eigenvalue weighted by Crippen LogP contribution is 2.29. The van der Waals surface area contributed by atoms with Crippen LogP contribution in [0.5, 0.6) is 0 Å². The molecule has 1 aliphatic rings. The van der Waals surface area contributed by atoms with Gasteiger partial charge in [-0.1, -0.05) is 25.5 Å². The number of hydrogen-bond donors (Lipinski definition) is 1. The van der Waals surface area contributed by atoms with Crippen LogP contribution in [0.25, 0.3) is 0 Å². The van der Waals surface area contributed by atoms with Gasteiger partial charge in [-0.05, 0) is 49.8 Å². The Balaban J connectivity index is 2.01. The molecule has 0 aliphatic heterocycles. The lowest BCUT2D eigenvalue weighted by Crippen LogP contribution is -2.34. The Bertz CT molecular complexity index is 392. The molecule has 18 heavy (non-hydrogen) atoms. The highest BCUT2D eigenvalue weighted by molar-refractivity contribution is 5.20. The minimum atomic E-state index is -0.733. The van der Waals surface area contributed by atoms with Gasteiger partial charge in [0.1, 0.15) is 0 Å². The van der Waals surface area contributed by atoms with Crippen LogP contribution in [0.3, 0.4) is 0 Å². The van der Waals surface area contributed by atoms with Crippen molar-refractivity contribution in [3.05, 3.63) is 35.4 Å². The maximum absolute atomic E-state index is 13.6. The first-order valence-electron chi connectivity index (χ1n) is 6.88. The lowest BCUT2D eigenvalue weighted by atomic mass is 9.94. The number of hydrogen-bond acceptors (Lipinski definition) is 1. The quantitative estimate of drug-likeness (QED) is 0.844. The summed E-state index contributed by atoms with van der Waals surface area (Å²) < 4.78 is 26.8. The standard InChI is InChI=1S/C15H21F2N/c1-2-9-18-14-8-4-5-11(14)10-12-6-3-7-13(16)15(12)17/h3,6-7,11,14,18H,2,4-5,8-10H2,1H3. The van der Waals surface area contributed by atoms with Crippen molar-refractivity contribution in [2.45, 2.75) is 45.1 Å². The molecule has 3 heteroatoms. The lowest BCUT2D eigenvalue weighted by molar-refractivity contribution is 0.390. The molecule has 2 rings (SSSR count). The number of halogens is 2. The average Bonchev–Trinajstić information content (AvgIpc) is 2.80. The predicted octanol–water partition coefficient (Wildman–Crippen LogP) is 3.68. The zero-order valence-corrected chi connectivity index (χ0v) is 10.9. The average molecular weight is 253 g/mol. The summed E-state index contributed by atoms with van der Waals surface area (Å²) in [4.78, 5) is 0. The third-order valence-electron chi connectivity index (χ3n) is 3.83. The van der Waals surface area contributed by atoms with Crippen LogP contribution >= 0.6 is 0 Å². The van der Waals surface area contributed by atoms with Gasteiger partial charge in [-0.15, -0.1) is 0 Å². The smallest absolute Gasteiger partial charge is 0.162 e. The first-order valence-corrected chi connectivity index (χ1v) is 6.88. The molecule has 0 bridgehead atoms. The fourth-order valence-electron chi connectivity index (χ4n) is 2.87. The fraction of sp³-hybridized carbons (Fsp3) is 0.600. The molecule has 0 amide bonds. The van der Waals surface area contributed by atoms with Crippen LogP contribution in [0, 0.1) is 17.6 Å². The van der Waals surface area contributed by atoms with Gasteiger partial charge in [-0.25, -0.2) is 8.78 Å². The normalized spacial score (nSPS) is 23.5. The summed E-state index contributed by atoms with van der Waals surface area (Å²) in [6.07, 6.45) is 5.20. The van der Waals surface area contributed by atoms with Crippen molar-refractivity contribution >= 4 is 0 Å². The minimum Gasteiger partial charge on any atom is -0.314 e. The molecule has 1 fully saturated rings. The third-order valence-corrected chi connectivity index (χ3v) is 3.83. The van der Waals surface area contributed by atoms with E-state index in [1.807, 2.05) is 0 Å². The summed E-state index contributed by atoms with van der Waals surface area (Å²) in [5, 5.41) is 3.52. The van der Waals surface area contributed by atoms with Gasteiger partial charge >= 0.3 is 0 Å². The summed E-state index contributed by atoms with van der Waals surface area (Å²) in [5.41, 5.74) is 0.519.